The first-order valence-corrected chi connectivity index (χ1v) is 33.2. The summed E-state index contributed by atoms with van der Waals surface area (Å²) in [5.41, 5.74) is 0. The molecule has 77 heavy (non-hydrogen) atoms. The standard InChI is InChI=1S/4C16H34O3.Ti/c4*1-2-3-4-5-6-7-8-9-10-11-12-13-14-15-16(17)19-18;/h4*16-18H,2-15H2,1H3;. The summed E-state index contributed by atoms with van der Waals surface area (Å²) in [6, 6.07) is 0. The van der Waals surface area contributed by atoms with Crippen LogP contribution in [0.25, 0.3) is 0 Å². The molecule has 0 bridgehead atoms. The van der Waals surface area contributed by atoms with Crippen LogP contribution in [0.15, 0.2) is 0 Å². The predicted octanol–water partition coefficient (Wildman–Crippen LogP) is 21.1. The van der Waals surface area contributed by atoms with E-state index in [1.165, 1.54) is 283 Å². The molecule has 4 unspecified atom stereocenters. The zero-order valence-corrected chi connectivity index (χ0v) is 53.2. The van der Waals surface area contributed by atoms with Crippen LogP contribution in [0.2, 0.25) is 0 Å². The van der Waals surface area contributed by atoms with Gasteiger partial charge in [0.25, 0.3) is 0 Å². The van der Waals surface area contributed by atoms with Crippen LogP contribution >= 0.6 is 0 Å². The topological polar surface area (TPSA) is 199 Å². The van der Waals surface area contributed by atoms with E-state index in [0.717, 1.165) is 51.4 Å². The Balaban J connectivity index is -0.000000298. The number of unbranched alkanes of at least 4 members (excludes halogenated alkanes) is 48. The van der Waals surface area contributed by atoms with Crippen molar-refractivity contribution in [2.24, 2.45) is 0 Å². The van der Waals surface area contributed by atoms with Gasteiger partial charge < -0.3 is 20.4 Å². The van der Waals surface area contributed by atoms with Gasteiger partial charge >= 0.3 is 0 Å². The van der Waals surface area contributed by atoms with Gasteiger partial charge in [0.05, 0.1) is 0 Å². The van der Waals surface area contributed by atoms with Gasteiger partial charge in [0.1, 0.15) is 0 Å². The minimum atomic E-state index is -0.993. The molecule has 0 aliphatic heterocycles. The molecule has 0 amide bonds. The molecule has 0 aliphatic rings. The van der Waals surface area contributed by atoms with Crippen LogP contribution in [0.3, 0.4) is 0 Å². The van der Waals surface area contributed by atoms with Crippen molar-refractivity contribution in [1.82, 2.24) is 0 Å². The molecule has 0 aliphatic carbocycles. The molecule has 468 valence electrons. The fraction of sp³-hybridized carbons (Fsp3) is 1.00. The smallest absolute Gasteiger partial charge is 0.188 e. The quantitative estimate of drug-likeness (QED) is 0.00944. The van der Waals surface area contributed by atoms with Gasteiger partial charge in [-0.15, -0.1) is 0 Å². The van der Waals surface area contributed by atoms with Crippen molar-refractivity contribution in [1.29, 1.82) is 0 Å². The van der Waals surface area contributed by atoms with Crippen molar-refractivity contribution >= 4 is 0 Å². The summed E-state index contributed by atoms with van der Waals surface area (Å²) in [7, 11) is 0. The molecule has 0 radical (unpaired) electrons. The molecule has 13 heteroatoms. The maximum atomic E-state index is 8.96. The Bertz CT molecular complexity index is 800. The molecule has 0 aromatic carbocycles. The van der Waals surface area contributed by atoms with Crippen molar-refractivity contribution in [2.75, 3.05) is 0 Å². The first-order valence-electron chi connectivity index (χ1n) is 33.2. The van der Waals surface area contributed by atoms with Crippen molar-refractivity contribution in [3.05, 3.63) is 0 Å². The molecule has 0 saturated carbocycles. The molecule has 12 nitrogen and oxygen atoms in total. The van der Waals surface area contributed by atoms with E-state index in [2.05, 4.69) is 47.2 Å². The molecule has 0 rings (SSSR count). The second-order valence-electron chi connectivity index (χ2n) is 22.4. The second kappa shape index (κ2) is 82.7. The molecule has 0 fully saturated rings. The summed E-state index contributed by atoms with van der Waals surface area (Å²) >= 11 is 0. The summed E-state index contributed by atoms with van der Waals surface area (Å²) in [5.74, 6) is 0. The van der Waals surface area contributed by atoms with Gasteiger partial charge in [-0.3, -0.25) is 0 Å². The van der Waals surface area contributed by atoms with Crippen molar-refractivity contribution in [2.45, 2.75) is 412 Å². The Hall–Kier alpha value is 0.234. The van der Waals surface area contributed by atoms with Crippen LogP contribution in [0.1, 0.15) is 387 Å². The van der Waals surface area contributed by atoms with Crippen molar-refractivity contribution in [3.63, 3.8) is 0 Å². The van der Waals surface area contributed by atoms with E-state index < -0.39 is 25.2 Å². The molecule has 0 heterocycles. The fourth-order valence-electron chi connectivity index (χ4n) is 9.56. The van der Waals surface area contributed by atoms with Crippen LogP contribution in [0, 0.1) is 0 Å². The van der Waals surface area contributed by atoms with Gasteiger partial charge in [0.15, 0.2) is 25.2 Å². The van der Waals surface area contributed by atoms with E-state index in [-0.39, 0.29) is 21.7 Å². The van der Waals surface area contributed by atoms with Gasteiger partial charge in [-0.05, 0) is 25.7 Å². The Morgan fingerprint density at radius 3 is 0.364 bits per heavy atom. The van der Waals surface area contributed by atoms with Crippen LogP contribution in [0.4, 0.5) is 0 Å². The molecule has 0 spiro atoms. The van der Waals surface area contributed by atoms with Crippen molar-refractivity contribution < 1.29 is 82.7 Å². The van der Waals surface area contributed by atoms with Gasteiger partial charge in [0.2, 0.25) is 0 Å². The molecular weight excluding hydrogens is 1010 g/mol. The first-order chi connectivity index (χ1) is 37.2. The molecule has 4 atom stereocenters. The third-order valence-electron chi connectivity index (χ3n) is 14.7. The maximum absolute atomic E-state index is 8.96. The van der Waals surface area contributed by atoms with Crippen LogP contribution in [0.5, 0.6) is 0 Å². The van der Waals surface area contributed by atoms with E-state index in [1.807, 2.05) is 0 Å². The van der Waals surface area contributed by atoms with Gasteiger partial charge in [-0.25, -0.2) is 40.6 Å². The minimum Gasteiger partial charge on any atom is -0.366 e. The largest absolute Gasteiger partial charge is 0.366 e. The van der Waals surface area contributed by atoms with Gasteiger partial charge in [-0.1, -0.05) is 336 Å². The van der Waals surface area contributed by atoms with Gasteiger partial charge in [0, 0.05) is 47.4 Å². The summed E-state index contributed by atoms with van der Waals surface area (Å²) in [6.45, 7) is 9.05. The Morgan fingerprint density at radius 2 is 0.273 bits per heavy atom. The molecule has 0 aromatic heterocycles. The monoisotopic (exact) mass is 1140 g/mol. The maximum Gasteiger partial charge on any atom is 0.188 e. The third kappa shape index (κ3) is 90.2. The second-order valence-corrected chi connectivity index (χ2v) is 22.4. The fourth-order valence-corrected chi connectivity index (χ4v) is 9.56. The number of hydrogen-bond acceptors (Lipinski definition) is 12. The summed E-state index contributed by atoms with van der Waals surface area (Å²) in [5, 5.41) is 68.6. The SMILES string of the molecule is CCCCCCCCCCCCCCCC(O)OO.CCCCCCCCCCCCCCCC(O)OO.CCCCCCCCCCCCCCCC(O)OO.CCCCCCCCCCCCCCCC(O)OO.[Ti]. The zero-order valence-electron chi connectivity index (χ0n) is 51.6. The van der Waals surface area contributed by atoms with E-state index in [0.29, 0.717) is 25.7 Å². The first kappa shape index (κ1) is 86.0. The molecular formula is C64H136O12Ti. The van der Waals surface area contributed by atoms with Gasteiger partial charge in [-0.2, -0.15) is 0 Å². The van der Waals surface area contributed by atoms with E-state index >= 15 is 0 Å². The minimum absolute atomic E-state index is 0. The van der Waals surface area contributed by atoms with Crippen LogP contribution < -0.4 is 0 Å². The van der Waals surface area contributed by atoms with E-state index in [9.17, 15) is 0 Å². The van der Waals surface area contributed by atoms with Crippen molar-refractivity contribution in [3.8, 4) is 0 Å². The average Bonchev–Trinajstić information content (AvgIpc) is 3.43. The number of aliphatic hydroxyl groups excluding tert-OH is 4. The number of aliphatic hydroxyl groups is 4. The Kier molecular flexibility index (Phi) is 92.4. The summed E-state index contributed by atoms with van der Waals surface area (Å²) in [4.78, 5) is 15.3. The normalized spacial score (nSPS) is 12.6. The number of hydrogen-bond donors (Lipinski definition) is 8. The Morgan fingerprint density at radius 1 is 0.182 bits per heavy atom. The molecule has 0 aromatic rings. The van der Waals surface area contributed by atoms with Crippen LogP contribution in [-0.4, -0.2) is 66.6 Å². The molecule has 0 saturated heterocycles. The van der Waals surface area contributed by atoms with E-state index in [1.54, 1.807) is 0 Å². The summed E-state index contributed by atoms with van der Waals surface area (Å²) in [6.07, 6.45) is 66.5. The predicted molar refractivity (Wildman–Crippen MR) is 320 cm³/mol. The average molecular weight is 1150 g/mol. The van der Waals surface area contributed by atoms with E-state index in [4.69, 9.17) is 41.5 Å². The van der Waals surface area contributed by atoms with Crippen LogP contribution in [-0.2, 0) is 41.3 Å². The third-order valence-corrected chi connectivity index (χ3v) is 14.7. The Labute approximate surface area is 492 Å². The number of rotatable bonds is 60. The molecule has 8 N–H and O–H groups in total. The zero-order chi connectivity index (χ0) is 56.7. The summed E-state index contributed by atoms with van der Waals surface area (Å²) < 4.78 is 0.